The Labute approximate surface area is 217 Å². The first-order valence-electron chi connectivity index (χ1n) is 12.0. The third-order valence-electron chi connectivity index (χ3n) is 5.21. The summed E-state index contributed by atoms with van der Waals surface area (Å²) in [6, 6.07) is 21.7. The first-order chi connectivity index (χ1) is 17.6. The van der Waals surface area contributed by atoms with Gasteiger partial charge in [-0.2, -0.15) is 0 Å². The highest BCUT2D eigenvalue weighted by molar-refractivity contribution is 5.95. The third-order valence-corrected chi connectivity index (χ3v) is 5.21. The quantitative estimate of drug-likeness (QED) is 0.387. The van der Waals surface area contributed by atoms with Crippen molar-refractivity contribution in [3.8, 4) is 11.5 Å². The van der Waals surface area contributed by atoms with Crippen LogP contribution in [0.3, 0.4) is 0 Å². The highest BCUT2D eigenvalue weighted by atomic mass is 19.1. The summed E-state index contributed by atoms with van der Waals surface area (Å²) in [5.74, 6) is -1.40. The van der Waals surface area contributed by atoms with Crippen molar-refractivity contribution in [2.45, 2.75) is 39.6 Å². The summed E-state index contributed by atoms with van der Waals surface area (Å²) < 4.78 is 32.5. The number of ether oxygens (including phenoxy) is 3. The summed E-state index contributed by atoms with van der Waals surface area (Å²) in [5.41, 5.74) is 0.942. The fourth-order valence-electron chi connectivity index (χ4n) is 3.29. The molecule has 0 fully saturated rings. The standard InChI is InChI=1S/C29H33FN2O5/c1-29(2,3)37-28(34)32(4)18-17-31-27(33)23-15-16-24(35-19-21-11-7-5-8-12-21)26(25(23)30)36-20-22-13-9-6-10-14-22/h5-16H,17-20H2,1-4H3,(H,31,33). The van der Waals surface area contributed by atoms with Crippen LogP contribution in [0, 0.1) is 5.82 Å². The van der Waals surface area contributed by atoms with E-state index in [0.29, 0.717) is 0 Å². The molecule has 0 spiro atoms. The van der Waals surface area contributed by atoms with E-state index in [1.807, 2.05) is 60.7 Å². The Morgan fingerprint density at radius 3 is 2.00 bits per heavy atom. The molecule has 0 aliphatic rings. The van der Waals surface area contributed by atoms with Crippen LogP contribution in [-0.2, 0) is 18.0 Å². The maximum Gasteiger partial charge on any atom is 0.410 e. The summed E-state index contributed by atoms with van der Waals surface area (Å²) in [6.45, 7) is 5.93. The molecule has 37 heavy (non-hydrogen) atoms. The van der Waals surface area contributed by atoms with Gasteiger partial charge in [0.05, 0.1) is 5.56 Å². The predicted molar refractivity (Wildman–Crippen MR) is 139 cm³/mol. The number of benzene rings is 3. The van der Waals surface area contributed by atoms with Crippen LogP contribution in [0.1, 0.15) is 42.3 Å². The van der Waals surface area contributed by atoms with E-state index in [1.54, 1.807) is 27.8 Å². The van der Waals surface area contributed by atoms with Gasteiger partial charge in [-0.3, -0.25) is 4.79 Å². The fraction of sp³-hybridized carbons (Fsp3) is 0.310. The second kappa shape index (κ2) is 12.8. The van der Waals surface area contributed by atoms with Crippen LogP contribution in [0.5, 0.6) is 11.5 Å². The van der Waals surface area contributed by atoms with E-state index in [1.165, 1.54) is 17.0 Å². The lowest BCUT2D eigenvalue weighted by Crippen LogP contribution is -2.39. The molecule has 0 aromatic heterocycles. The molecule has 0 heterocycles. The lowest BCUT2D eigenvalue weighted by atomic mass is 10.1. The minimum absolute atomic E-state index is 0.102. The highest BCUT2D eigenvalue weighted by Crippen LogP contribution is 2.34. The Balaban J connectivity index is 1.71. The number of rotatable bonds is 10. The molecule has 0 bridgehead atoms. The maximum absolute atomic E-state index is 15.6. The maximum atomic E-state index is 15.6. The second-order valence-electron chi connectivity index (χ2n) is 9.46. The minimum Gasteiger partial charge on any atom is -0.485 e. The summed E-state index contributed by atoms with van der Waals surface area (Å²) >= 11 is 0. The van der Waals surface area contributed by atoms with Gasteiger partial charge in [0.25, 0.3) is 5.91 Å². The zero-order chi connectivity index (χ0) is 26.8. The van der Waals surface area contributed by atoms with Gasteiger partial charge in [0.1, 0.15) is 18.8 Å². The molecular formula is C29H33FN2O5. The molecule has 3 aromatic carbocycles. The van der Waals surface area contributed by atoms with Gasteiger partial charge < -0.3 is 24.4 Å². The van der Waals surface area contributed by atoms with E-state index in [2.05, 4.69) is 5.32 Å². The number of amides is 2. The first kappa shape index (κ1) is 27.5. The van der Waals surface area contributed by atoms with Crippen molar-refractivity contribution in [3.05, 3.63) is 95.3 Å². The van der Waals surface area contributed by atoms with Crippen molar-refractivity contribution in [2.75, 3.05) is 20.1 Å². The van der Waals surface area contributed by atoms with Crippen molar-refractivity contribution in [1.82, 2.24) is 10.2 Å². The van der Waals surface area contributed by atoms with E-state index in [9.17, 15) is 9.59 Å². The summed E-state index contributed by atoms with van der Waals surface area (Å²) in [5, 5.41) is 2.64. The predicted octanol–water partition coefficient (Wildman–Crippen LogP) is 5.58. The van der Waals surface area contributed by atoms with Crippen LogP contribution in [-0.4, -0.2) is 42.6 Å². The van der Waals surface area contributed by atoms with Crippen molar-refractivity contribution >= 4 is 12.0 Å². The van der Waals surface area contributed by atoms with Crippen LogP contribution >= 0.6 is 0 Å². The Kier molecular flexibility index (Phi) is 9.49. The lowest BCUT2D eigenvalue weighted by molar-refractivity contribution is 0.0299. The summed E-state index contributed by atoms with van der Waals surface area (Å²) in [4.78, 5) is 26.2. The minimum atomic E-state index is -0.820. The molecule has 3 rings (SSSR count). The van der Waals surface area contributed by atoms with Crippen molar-refractivity contribution < 1.29 is 28.2 Å². The average Bonchev–Trinajstić information content (AvgIpc) is 2.87. The van der Waals surface area contributed by atoms with Gasteiger partial charge >= 0.3 is 6.09 Å². The average molecular weight is 509 g/mol. The number of carbonyl (C=O) groups excluding carboxylic acids is 2. The molecule has 0 unspecified atom stereocenters. The van der Waals surface area contributed by atoms with Gasteiger partial charge in [-0.25, -0.2) is 9.18 Å². The molecule has 0 saturated carbocycles. The van der Waals surface area contributed by atoms with E-state index in [0.717, 1.165) is 11.1 Å². The molecule has 7 nitrogen and oxygen atoms in total. The molecule has 0 atom stereocenters. The molecule has 0 saturated heterocycles. The van der Waals surface area contributed by atoms with Crippen molar-refractivity contribution in [3.63, 3.8) is 0 Å². The number of likely N-dealkylation sites (N-methyl/N-ethyl adjacent to an activating group) is 1. The van der Waals surface area contributed by atoms with Gasteiger partial charge in [0, 0.05) is 20.1 Å². The number of nitrogens with zero attached hydrogens (tertiary/aromatic N) is 1. The normalized spacial score (nSPS) is 10.9. The number of nitrogens with one attached hydrogen (secondary N) is 1. The number of halogens is 1. The molecular weight excluding hydrogens is 475 g/mol. The molecule has 8 heteroatoms. The largest absolute Gasteiger partial charge is 0.485 e. The van der Waals surface area contributed by atoms with Gasteiger partial charge in [-0.1, -0.05) is 60.7 Å². The van der Waals surface area contributed by atoms with Gasteiger partial charge in [0.15, 0.2) is 17.3 Å². The smallest absolute Gasteiger partial charge is 0.410 e. The van der Waals surface area contributed by atoms with Crippen LogP contribution in [0.15, 0.2) is 72.8 Å². The lowest BCUT2D eigenvalue weighted by Gasteiger charge is -2.24. The van der Waals surface area contributed by atoms with Gasteiger partial charge in [0.2, 0.25) is 0 Å². The van der Waals surface area contributed by atoms with Gasteiger partial charge in [-0.15, -0.1) is 0 Å². The Morgan fingerprint density at radius 2 is 1.43 bits per heavy atom. The van der Waals surface area contributed by atoms with E-state index in [4.69, 9.17) is 14.2 Å². The molecule has 196 valence electrons. The van der Waals surface area contributed by atoms with E-state index in [-0.39, 0.29) is 43.4 Å². The summed E-state index contributed by atoms with van der Waals surface area (Å²) in [7, 11) is 1.56. The Bertz CT molecular complexity index is 1180. The number of hydrogen-bond acceptors (Lipinski definition) is 5. The first-order valence-corrected chi connectivity index (χ1v) is 12.0. The zero-order valence-corrected chi connectivity index (χ0v) is 21.6. The molecule has 2 amide bonds. The molecule has 0 radical (unpaired) electrons. The van der Waals surface area contributed by atoms with Crippen molar-refractivity contribution in [1.29, 1.82) is 0 Å². The van der Waals surface area contributed by atoms with Crippen LogP contribution in [0.4, 0.5) is 9.18 Å². The Hall–Kier alpha value is -4.07. The van der Waals surface area contributed by atoms with Crippen LogP contribution in [0.2, 0.25) is 0 Å². The fourth-order valence-corrected chi connectivity index (χ4v) is 3.29. The van der Waals surface area contributed by atoms with Gasteiger partial charge in [-0.05, 0) is 44.0 Å². The molecule has 0 aliphatic heterocycles. The second-order valence-corrected chi connectivity index (χ2v) is 9.46. The monoisotopic (exact) mass is 508 g/mol. The van der Waals surface area contributed by atoms with Crippen LogP contribution < -0.4 is 14.8 Å². The molecule has 1 N–H and O–H groups in total. The number of hydrogen-bond donors (Lipinski definition) is 1. The number of carbonyl (C=O) groups is 2. The third kappa shape index (κ3) is 8.52. The van der Waals surface area contributed by atoms with E-state index >= 15 is 4.39 Å². The van der Waals surface area contributed by atoms with E-state index < -0.39 is 23.4 Å². The highest BCUT2D eigenvalue weighted by Gasteiger charge is 2.22. The zero-order valence-electron chi connectivity index (χ0n) is 21.6. The molecule has 3 aromatic rings. The summed E-state index contributed by atoms with van der Waals surface area (Å²) in [6.07, 6.45) is -0.510. The van der Waals surface area contributed by atoms with Crippen molar-refractivity contribution in [2.24, 2.45) is 0 Å². The van der Waals surface area contributed by atoms with Crippen LogP contribution in [0.25, 0.3) is 0 Å². The Morgan fingerprint density at radius 1 is 0.865 bits per heavy atom. The SMILES string of the molecule is CN(CCNC(=O)c1ccc(OCc2ccccc2)c(OCc2ccccc2)c1F)C(=O)OC(C)(C)C. The topological polar surface area (TPSA) is 77.1 Å². The molecule has 0 aliphatic carbocycles.